The summed E-state index contributed by atoms with van der Waals surface area (Å²) in [4.78, 5) is 2.40. The minimum atomic E-state index is -4.06. The third-order valence-electron chi connectivity index (χ3n) is 4.16. The number of hydrogen-bond donors (Lipinski definition) is 1. The second-order valence-corrected chi connectivity index (χ2v) is 5.61. The first-order valence-electron chi connectivity index (χ1n) is 6.40. The Kier molecular flexibility index (Phi) is 3.69. The molecule has 2 fully saturated rings. The van der Waals surface area contributed by atoms with Crippen molar-refractivity contribution in [2.24, 2.45) is 0 Å². The molecule has 2 nitrogen and oxygen atoms in total. The monoisotopic (exact) mass is 250 g/mol. The zero-order chi connectivity index (χ0) is 12.6. The van der Waals surface area contributed by atoms with Gasteiger partial charge in [0.2, 0.25) is 0 Å². The van der Waals surface area contributed by atoms with E-state index in [2.05, 4.69) is 17.3 Å². The first-order chi connectivity index (χ1) is 7.85. The van der Waals surface area contributed by atoms with E-state index >= 15 is 0 Å². The molecule has 0 saturated carbocycles. The van der Waals surface area contributed by atoms with Crippen LogP contribution in [-0.2, 0) is 0 Å². The fourth-order valence-electron chi connectivity index (χ4n) is 3.36. The van der Waals surface area contributed by atoms with E-state index in [4.69, 9.17) is 0 Å². The molecule has 1 N–H and O–H groups in total. The number of nitrogens with one attached hydrogen (secondary N) is 1. The summed E-state index contributed by atoms with van der Waals surface area (Å²) in [5, 5.41) is 3.15. The molecule has 2 saturated heterocycles. The molecule has 2 aliphatic heterocycles. The lowest BCUT2D eigenvalue weighted by Crippen LogP contribution is -2.49. The lowest BCUT2D eigenvalue weighted by molar-refractivity contribution is -0.139. The third-order valence-corrected chi connectivity index (χ3v) is 4.16. The van der Waals surface area contributed by atoms with Gasteiger partial charge in [0.05, 0.1) is 6.42 Å². The standard InChI is InChI=1S/C12H21F3N2/c1-8(7-12(13,14)15)16-9-5-10-3-4-11(6-9)17(10)2/h8-11,16H,3-7H2,1-2H3. The summed E-state index contributed by atoms with van der Waals surface area (Å²) >= 11 is 0. The predicted octanol–water partition coefficient (Wildman–Crippen LogP) is 2.54. The Labute approximate surface area is 101 Å². The SMILES string of the molecule is CC(CC(F)(F)F)NC1CC2CCC(C1)N2C. The van der Waals surface area contributed by atoms with Crippen molar-refractivity contribution in [1.29, 1.82) is 0 Å². The number of alkyl halides is 3. The number of piperidine rings is 1. The van der Waals surface area contributed by atoms with Gasteiger partial charge in [-0.25, -0.2) is 0 Å². The molecule has 5 heteroatoms. The Morgan fingerprint density at radius 1 is 1.24 bits per heavy atom. The Hall–Kier alpha value is -0.290. The molecule has 2 rings (SSSR count). The summed E-state index contributed by atoms with van der Waals surface area (Å²) in [5.74, 6) is 0. The maximum absolute atomic E-state index is 12.2. The van der Waals surface area contributed by atoms with Crippen molar-refractivity contribution in [3.8, 4) is 0 Å². The highest BCUT2D eigenvalue weighted by molar-refractivity contribution is 4.96. The van der Waals surface area contributed by atoms with Crippen molar-refractivity contribution < 1.29 is 13.2 Å². The second-order valence-electron chi connectivity index (χ2n) is 5.61. The van der Waals surface area contributed by atoms with Gasteiger partial charge in [0, 0.05) is 24.2 Å². The van der Waals surface area contributed by atoms with Crippen LogP contribution in [0.2, 0.25) is 0 Å². The van der Waals surface area contributed by atoms with E-state index in [0.717, 1.165) is 12.8 Å². The van der Waals surface area contributed by atoms with E-state index in [1.54, 1.807) is 6.92 Å². The lowest BCUT2D eigenvalue weighted by atomic mass is 9.97. The fraction of sp³-hybridized carbons (Fsp3) is 1.00. The van der Waals surface area contributed by atoms with E-state index in [1.807, 2.05) is 0 Å². The molecule has 2 bridgehead atoms. The Bertz CT molecular complexity index is 253. The lowest BCUT2D eigenvalue weighted by Gasteiger charge is -2.38. The zero-order valence-electron chi connectivity index (χ0n) is 10.4. The molecule has 0 radical (unpaired) electrons. The highest BCUT2D eigenvalue weighted by Crippen LogP contribution is 2.34. The van der Waals surface area contributed by atoms with Gasteiger partial charge in [-0.05, 0) is 39.7 Å². The van der Waals surface area contributed by atoms with Crippen LogP contribution in [0.4, 0.5) is 13.2 Å². The van der Waals surface area contributed by atoms with E-state index < -0.39 is 18.6 Å². The molecule has 2 aliphatic rings. The smallest absolute Gasteiger partial charge is 0.311 e. The second kappa shape index (κ2) is 4.76. The molecular weight excluding hydrogens is 229 g/mol. The van der Waals surface area contributed by atoms with Crippen LogP contribution in [0.5, 0.6) is 0 Å². The van der Waals surface area contributed by atoms with Crippen LogP contribution >= 0.6 is 0 Å². The molecule has 2 heterocycles. The van der Waals surface area contributed by atoms with Gasteiger partial charge in [0.15, 0.2) is 0 Å². The minimum absolute atomic E-state index is 0.265. The van der Waals surface area contributed by atoms with Crippen LogP contribution in [0.1, 0.15) is 39.0 Å². The van der Waals surface area contributed by atoms with Crippen LogP contribution in [0.15, 0.2) is 0 Å². The molecule has 3 atom stereocenters. The van der Waals surface area contributed by atoms with E-state index in [0.29, 0.717) is 12.1 Å². The van der Waals surface area contributed by atoms with Gasteiger partial charge in [-0.2, -0.15) is 13.2 Å². The average Bonchev–Trinajstić information content (AvgIpc) is 2.42. The summed E-state index contributed by atoms with van der Waals surface area (Å²) in [5.41, 5.74) is 0. The van der Waals surface area contributed by atoms with Crippen molar-refractivity contribution in [1.82, 2.24) is 10.2 Å². The first kappa shape index (κ1) is 13.1. The molecular formula is C12H21F3N2. The Morgan fingerprint density at radius 2 is 1.76 bits per heavy atom. The van der Waals surface area contributed by atoms with Crippen LogP contribution < -0.4 is 5.32 Å². The van der Waals surface area contributed by atoms with Gasteiger partial charge in [-0.1, -0.05) is 0 Å². The van der Waals surface area contributed by atoms with Crippen molar-refractivity contribution >= 4 is 0 Å². The minimum Gasteiger partial charge on any atom is -0.311 e. The highest BCUT2D eigenvalue weighted by atomic mass is 19.4. The number of hydrogen-bond acceptors (Lipinski definition) is 2. The molecule has 17 heavy (non-hydrogen) atoms. The Balaban J connectivity index is 1.81. The molecule has 3 unspecified atom stereocenters. The molecule has 100 valence electrons. The maximum Gasteiger partial charge on any atom is 0.390 e. The van der Waals surface area contributed by atoms with Gasteiger partial charge >= 0.3 is 6.18 Å². The molecule has 0 aromatic carbocycles. The average molecular weight is 250 g/mol. The Morgan fingerprint density at radius 3 is 2.24 bits per heavy atom. The number of fused-ring (bicyclic) bond motifs is 2. The van der Waals surface area contributed by atoms with Gasteiger partial charge in [0.1, 0.15) is 0 Å². The van der Waals surface area contributed by atoms with Crippen molar-refractivity contribution in [2.75, 3.05) is 7.05 Å². The maximum atomic E-state index is 12.2. The van der Waals surface area contributed by atoms with Gasteiger partial charge in [-0.15, -0.1) is 0 Å². The molecule has 0 aliphatic carbocycles. The summed E-state index contributed by atoms with van der Waals surface area (Å²) < 4.78 is 36.7. The van der Waals surface area contributed by atoms with Gasteiger partial charge < -0.3 is 10.2 Å². The van der Waals surface area contributed by atoms with Gasteiger partial charge in [0.25, 0.3) is 0 Å². The van der Waals surface area contributed by atoms with E-state index in [-0.39, 0.29) is 6.04 Å². The molecule has 0 amide bonds. The van der Waals surface area contributed by atoms with Crippen LogP contribution in [-0.4, -0.2) is 42.3 Å². The number of rotatable bonds is 3. The summed E-state index contributed by atoms with van der Waals surface area (Å²) in [7, 11) is 2.14. The third kappa shape index (κ3) is 3.35. The predicted molar refractivity (Wildman–Crippen MR) is 60.9 cm³/mol. The van der Waals surface area contributed by atoms with Crippen molar-refractivity contribution in [3.05, 3.63) is 0 Å². The summed E-state index contributed by atoms with van der Waals surface area (Å²) in [6.07, 6.45) is -0.393. The van der Waals surface area contributed by atoms with E-state index in [9.17, 15) is 13.2 Å². The molecule has 0 aromatic heterocycles. The van der Waals surface area contributed by atoms with Crippen LogP contribution in [0.25, 0.3) is 0 Å². The quantitative estimate of drug-likeness (QED) is 0.828. The first-order valence-corrected chi connectivity index (χ1v) is 6.40. The molecule has 0 aromatic rings. The number of halogens is 3. The van der Waals surface area contributed by atoms with E-state index in [1.165, 1.54) is 12.8 Å². The van der Waals surface area contributed by atoms with Crippen LogP contribution in [0.3, 0.4) is 0 Å². The largest absolute Gasteiger partial charge is 0.390 e. The van der Waals surface area contributed by atoms with Gasteiger partial charge in [-0.3, -0.25) is 0 Å². The summed E-state index contributed by atoms with van der Waals surface area (Å²) in [6.45, 7) is 1.63. The van der Waals surface area contributed by atoms with Crippen LogP contribution in [0, 0.1) is 0 Å². The molecule has 0 spiro atoms. The zero-order valence-corrected chi connectivity index (χ0v) is 10.4. The fourth-order valence-corrected chi connectivity index (χ4v) is 3.36. The van der Waals surface area contributed by atoms with Crippen molar-refractivity contribution in [2.45, 2.75) is 69.4 Å². The van der Waals surface area contributed by atoms with Crippen molar-refractivity contribution in [3.63, 3.8) is 0 Å². The summed E-state index contributed by atoms with van der Waals surface area (Å²) in [6, 6.07) is 0.942. The normalized spacial score (nSPS) is 36.2. The highest BCUT2D eigenvalue weighted by Gasteiger charge is 2.39. The number of nitrogens with zero attached hydrogens (tertiary/aromatic N) is 1. The topological polar surface area (TPSA) is 15.3 Å².